The lowest BCUT2D eigenvalue weighted by Crippen LogP contribution is -2.13. The third-order valence-electron chi connectivity index (χ3n) is 2.91. The first-order valence-corrected chi connectivity index (χ1v) is 5.22. The summed E-state index contributed by atoms with van der Waals surface area (Å²) in [5.41, 5.74) is 1.29. The number of ether oxygens (including phenoxy) is 1. The van der Waals surface area contributed by atoms with Crippen LogP contribution in [-0.2, 0) is 9.53 Å². The maximum Gasteiger partial charge on any atom is 0.200 e. The lowest BCUT2D eigenvalue weighted by Gasteiger charge is -2.13. The molecule has 2 aliphatic rings. The van der Waals surface area contributed by atoms with Crippen molar-refractivity contribution < 1.29 is 9.53 Å². The van der Waals surface area contributed by atoms with Crippen molar-refractivity contribution in [1.82, 2.24) is 0 Å². The van der Waals surface area contributed by atoms with E-state index >= 15 is 0 Å². The summed E-state index contributed by atoms with van der Waals surface area (Å²) < 4.78 is 5.42. The SMILES string of the molecule is CCC[C@H]1CC2=C(OCCC2)C1=O. The molecule has 0 aromatic rings. The first-order chi connectivity index (χ1) is 6.33. The summed E-state index contributed by atoms with van der Waals surface area (Å²) in [6.45, 7) is 2.87. The highest BCUT2D eigenvalue weighted by Gasteiger charge is 2.34. The number of hydrogen-bond acceptors (Lipinski definition) is 2. The van der Waals surface area contributed by atoms with Crippen molar-refractivity contribution >= 4 is 5.78 Å². The van der Waals surface area contributed by atoms with E-state index in [4.69, 9.17) is 4.74 Å². The van der Waals surface area contributed by atoms with Crippen LogP contribution in [0, 0.1) is 5.92 Å². The predicted octanol–water partition coefficient (Wildman–Crippen LogP) is 2.44. The average molecular weight is 180 g/mol. The quantitative estimate of drug-likeness (QED) is 0.652. The zero-order valence-electron chi connectivity index (χ0n) is 8.14. The Morgan fingerprint density at radius 3 is 3.08 bits per heavy atom. The van der Waals surface area contributed by atoms with Crippen molar-refractivity contribution in [3.05, 3.63) is 11.3 Å². The number of allylic oxidation sites excluding steroid dienone is 2. The normalized spacial score (nSPS) is 27.5. The van der Waals surface area contributed by atoms with Gasteiger partial charge in [0.15, 0.2) is 5.76 Å². The molecular formula is C11H16O2. The zero-order valence-corrected chi connectivity index (χ0v) is 8.14. The summed E-state index contributed by atoms with van der Waals surface area (Å²) in [5, 5.41) is 0. The van der Waals surface area contributed by atoms with E-state index in [1.807, 2.05) is 0 Å². The second-order valence-corrected chi connectivity index (χ2v) is 3.94. The number of rotatable bonds is 2. The summed E-state index contributed by atoms with van der Waals surface area (Å²) >= 11 is 0. The van der Waals surface area contributed by atoms with E-state index in [0.29, 0.717) is 0 Å². The van der Waals surface area contributed by atoms with Crippen LogP contribution in [0.3, 0.4) is 0 Å². The summed E-state index contributed by atoms with van der Waals surface area (Å²) in [4.78, 5) is 11.7. The fraction of sp³-hybridized carbons (Fsp3) is 0.727. The molecule has 0 amide bonds. The Balaban J connectivity index is 2.10. The predicted molar refractivity (Wildman–Crippen MR) is 50.2 cm³/mol. The molecule has 0 unspecified atom stereocenters. The highest BCUT2D eigenvalue weighted by atomic mass is 16.5. The van der Waals surface area contributed by atoms with Crippen LogP contribution in [0.15, 0.2) is 11.3 Å². The van der Waals surface area contributed by atoms with Crippen LogP contribution in [0.5, 0.6) is 0 Å². The number of carbonyl (C=O) groups excluding carboxylic acids is 1. The van der Waals surface area contributed by atoms with Crippen LogP contribution in [0.4, 0.5) is 0 Å². The summed E-state index contributed by atoms with van der Waals surface area (Å²) in [6.07, 6.45) is 5.26. The van der Waals surface area contributed by atoms with Crippen molar-refractivity contribution in [1.29, 1.82) is 0 Å². The molecule has 1 heterocycles. The monoisotopic (exact) mass is 180 g/mol. The molecule has 0 fully saturated rings. The molecule has 2 heteroatoms. The van der Waals surface area contributed by atoms with E-state index in [1.165, 1.54) is 5.57 Å². The Morgan fingerprint density at radius 2 is 2.38 bits per heavy atom. The van der Waals surface area contributed by atoms with Gasteiger partial charge in [0.1, 0.15) is 0 Å². The van der Waals surface area contributed by atoms with Gasteiger partial charge in [0.05, 0.1) is 6.61 Å². The topological polar surface area (TPSA) is 26.3 Å². The third kappa shape index (κ3) is 1.50. The smallest absolute Gasteiger partial charge is 0.200 e. The lowest BCUT2D eigenvalue weighted by molar-refractivity contribution is -0.121. The van der Waals surface area contributed by atoms with Gasteiger partial charge in [0.2, 0.25) is 5.78 Å². The largest absolute Gasteiger partial charge is 0.490 e. The fourth-order valence-electron chi connectivity index (χ4n) is 2.27. The molecule has 0 saturated heterocycles. The minimum atomic E-state index is 0.244. The minimum absolute atomic E-state index is 0.244. The second-order valence-electron chi connectivity index (χ2n) is 3.94. The second kappa shape index (κ2) is 3.52. The molecule has 0 radical (unpaired) electrons. The van der Waals surface area contributed by atoms with E-state index in [-0.39, 0.29) is 11.7 Å². The molecule has 13 heavy (non-hydrogen) atoms. The Bertz CT molecular complexity index is 253. The van der Waals surface area contributed by atoms with Crippen LogP contribution in [0.25, 0.3) is 0 Å². The lowest BCUT2D eigenvalue weighted by atomic mass is 9.98. The summed E-state index contributed by atoms with van der Waals surface area (Å²) in [7, 11) is 0. The van der Waals surface area contributed by atoms with Crippen LogP contribution >= 0.6 is 0 Å². The molecule has 0 spiro atoms. The molecule has 72 valence electrons. The zero-order chi connectivity index (χ0) is 9.26. The van der Waals surface area contributed by atoms with Gasteiger partial charge in [-0.1, -0.05) is 13.3 Å². The molecule has 2 nitrogen and oxygen atoms in total. The Morgan fingerprint density at radius 1 is 1.54 bits per heavy atom. The van der Waals surface area contributed by atoms with Gasteiger partial charge >= 0.3 is 0 Å². The first kappa shape index (κ1) is 8.79. The van der Waals surface area contributed by atoms with Crippen molar-refractivity contribution in [2.24, 2.45) is 5.92 Å². The van der Waals surface area contributed by atoms with Crippen molar-refractivity contribution in [2.75, 3.05) is 6.61 Å². The first-order valence-electron chi connectivity index (χ1n) is 5.22. The number of carbonyl (C=O) groups is 1. The Kier molecular flexibility index (Phi) is 2.38. The van der Waals surface area contributed by atoms with Gasteiger partial charge in [0, 0.05) is 5.92 Å². The van der Waals surface area contributed by atoms with E-state index in [1.54, 1.807) is 0 Å². The molecule has 1 aliphatic heterocycles. The van der Waals surface area contributed by atoms with Crippen LogP contribution < -0.4 is 0 Å². The molecule has 0 bridgehead atoms. The standard InChI is InChI=1S/C11H16O2/c1-2-4-8-7-9-5-3-6-13-11(9)10(8)12/h8H,2-7H2,1H3/t8-/m0/s1. The van der Waals surface area contributed by atoms with Gasteiger partial charge in [-0.05, 0) is 31.3 Å². The highest BCUT2D eigenvalue weighted by molar-refractivity contribution is 5.98. The van der Waals surface area contributed by atoms with Crippen molar-refractivity contribution in [2.45, 2.75) is 39.0 Å². The van der Waals surface area contributed by atoms with Gasteiger partial charge in [-0.3, -0.25) is 4.79 Å². The number of Topliss-reactive ketones (excluding diaryl/α,β-unsaturated/α-hetero) is 1. The summed E-state index contributed by atoms with van der Waals surface area (Å²) in [6, 6.07) is 0. The third-order valence-corrected chi connectivity index (χ3v) is 2.91. The van der Waals surface area contributed by atoms with Gasteiger partial charge in [0.25, 0.3) is 0 Å². The van der Waals surface area contributed by atoms with Crippen molar-refractivity contribution in [3.63, 3.8) is 0 Å². The van der Waals surface area contributed by atoms with Gasteiger partial charge in [-0.15, -0.1) is 0 Å². The van der Waals surface area contributed by atoms with Crippen LogP contribution in [0.2, 0.25) is 0 Å². The summed E-state index contributed by atoms with van der Waals surface area (Å²) in [5.74, 6) is 1.24. The van der Waals surface area contributed by atoms with E-state index in [9.17, 15) is 4.79 Å². The molecule has 0 saturated carbocycles. The maximum atomic E-state index is 11.7. The minimum Gasteiger partial charge on any atom is -0.490 e. The highest BCUT2D eigenvalue weighted by Crippen LogP contribution is 2.36. The number of hydrogen-bond donors (Lipinski definition) is 0. The number of ketones is 1. The van der Waals surface area contributed by atoms with E-state index < -0.39 is 0 Å². The fourth-order valence-corrected chi connectivity index (χ4v) is 2.27. The maximum absolute atomic E-state index is 11.7. The molecule has 0 aromatic heterocycles. The van der Waals surface area contributed by atoms with Crippen LogP contribution in [0.1, 0.15) is 39.0 Å². The molecular weight excluding hydrogens is 164 g/mol. The molecule has 1 aliphatic carbocycles. The molecule has 0 N–H and O–H groups in total. The molecule has 2 rings (SSSR count). The van der Waals surface area contributed by atoms with E-state index in [0.717, 1.165) is 44.5 Å². The van der Waals surface area contributed by atoms with Crippen LogP contribution in [-0.4, -0.2) is 12.4 Å². The van der Waals surface area contributed by atoms with Crippen molar-refractivity contribution in [3.8, 4) is 0 Å². The Hall–Kier alpha value is -0.790. The van der Waals surface area contributed by atoms with Gasteiger partial charge in [-0.25, -0.2) is 0 Å². The molecule has 1 atom stereocenters. The molecule has 0 aromatic carbocycles. The average Bonchev–Trinajstić information content (AvgIpc) is 2.46. The van der Waals surface area contributed by atoms with E-state index in [2.05, 4.69) is 6.92 Å². The Labute approximate surface area is 79.0 Å². The van der Waals surface area contributed by atoms with Gasteiger partial charge in [-0.2, -0.15) is 0 Å². The van der Waals surface area contributed by atoms with Gasteiger partial charge < -0.3 is 4.74 Å².